The molecule has 0 fully saturated rings. The van der Waals surface area contributed by atoms with Crippen LogP contribution in [0.2, 0.25) is 0 Å². The highest BCUT2D eigenvalue weighted by Crippen LogP contribution is 2.69. The second kappa shape index (κ2) is 7.01. The molecule has 0 aromatic carbocycles. The molecule has 0 amide bonds. The van der Waals surface area contributed by atoms with E-state index in [0.717, 1.165) is 0 Å². The highest BCUT2D eigenvalue weighted by atomic mass is 19.5. The van der Waals surface area contributed by atoms with Gasteiger partial charge >= 0.3 is 54.1 Å². The molecule has 0 aliphatic carbocycles. The van der Waals surface area contributed by atoms with Crippen molar-refractivity contribution >= 4 is 0 Å². The highest BCUT2D eigenvalue weighted by molar-refractivity contribution is 5.22. The van der Waals surface area contributed by atoms with Gasteiger partial charge in [-0.3, -0.25) is 0 Å². The number of rotatable bonds is 3. The molecule has 0 saturated carbocycles. The summed E-state index contributed by atoms with van der Waals surface area (Å²) in [7, 11) is 0. The fourth-order valence-corrected chi connectivity index (χ4v) is 2.29. The lowest BCUT2D eigenvalue weighted by Crippen LogP contribution is -2.79. The molecule has 0 aliphatic rings. The van der Waals surface area contributed by atoms with Crippen LogP contribution in [0.3, 0.4) is 0 Å². The third-order valence-corrected chi connectivity index (χ3v) is 3.67. The number of alkyl halides is 21. The zero-order chi connectivity index (χ0) is 26.1. The molecule has 0 nitrogen and oxygen atoms in total. The Bertz CT molecular complexity index is 498. The van der Waals surface area contributed by atoms with Gasteiger partial charge in [-0.05, 0) is 0 Å². The van der Waals surface area contributed by atoms with Crippen LogP contribution in [-0.4, -0.2) is 54.1 Å². The van der Waals surface area contributed by atoms with Crippen molar-refractivity contribution in [1.29, 1.82) is 0 Å². The van der Waals surface area contributed by atoms with Crippen molar-refractivity contribution in [2.45, 2.75) is 54.1 Å². The number of hydrogen-bond donors (Lipinski definition) is 0. The maximum absolute atomic E-state index is 13.9. The van der Waals surface area contributed by atoms with Crippen LogP contribution >= 0.6 is 0 Å². The van der Waals surface area contributed by atoms with E-state index in [2.05, 4.69) is 0 Å². The van der Waals surface area contributed by atoms with Gasteiger partial charge in [-0.15, -0.1) is 0 Å². The third-order valence-electron chi connectivity index (χ3n) is 3.67. The minimum absolute atomic E-state index is 8.27. The summed E-state index contributed by atoms with van der Waals surface area (Å²) >= 11 is 0. The number of halogens is 21. The van der Waals surface area contributed by atoms with Gasteiger partial charge in [0, 0.05) is 0 Å². The average molecular weight is 520 g/mol. The zero-order valence-corrected chi connectivity index (χ0v) is 13.0. The molecule has 0 spiro atoms. The van der Waals surface area contributed by atoms with Gasteiger partial charge in [0.25, 0.3) is 0 Å². The second-order valence-electron chi connectivity index (χ2n) is 5.55. The summed E-state index contributed by atoms with van der Waals surface area (Å²) in [6.07, 6.45) is -51.8. The summed E-state index contributed by atoms with van der Waals surface area (Å²) in [6, 6.07) is 0. The van der Waals surface area contributed by atoms with Gasteiger partial charge in [-0.2, -0.15) is 79.0 Å². The fourth-order valence-electron chi connectivity index (χ4n) is 2.29. The molecule has 0 rings (SSSR count). The summed E-state index contributed by atoms with van der Waals surface area (Å²) in [5.74, 6) is -8.27. The molecule has 0 bridgehead atoms. The molecule has 188 valence electrons. The van der Waals surface area contributed by atoms with Crippen molar-refractivity contribution < 1.29 is 92.2 Å². The van der Waals surface area contributed by atoms with Crippen molar-refractivity contribution in [3.63, 3.8) is 0 Å². The summed E-state index contributed by atoms with van der Waals surface area (Å²) in [5, 5.41) is 0. The SMILES string of the molecule is FC(F)(F)C(F)(C(C(F)(C(F)(F)F)C(F)(F)F)C(F)(C(F)(F)F)C(F)(F)F)C(F)(F)F. The fraction of sp³-hybridized carbons (Fsp3) is 1.00. The Balaban J connectivity index is 8.29. The third kappa shape index (κ3) is 4.04. The van der Waals surface area contributed by atoms with Crippen molar-refractivity contribution in [3.05, 3.63) is 0 Å². The number of hydrogen-bond acceptors (Lipinski definition) is 0. The molecule has 0 aromatic rings. The normalized spacial score (nSPS) is 16.8. The van der Waals surface area contributed by atoms with Crippen LogP contribution in [0.1, 0.15) is 0 Å². The van der Waals surface area contributed by atoms with Gasteiger partial charge in [0.15, 0.2) is 0 Å². The summed E-state index contributed by atoms with van der Waals surface area (Å²) < 4.78 is 268. The Morgan fingerprint density at radius 2 is 0.323 bits per heavy atom. The van der Waals surface area contributed by atoms with Crippen molar-refractivity contribution in [1.82, 2.24) is 0 Å². The molecular weight excluding hydrogens is 519 g/mol. The predicted molar refractivity (Wildman–Crippen MR) is 51.3 cm³/mol. The lowest BCUT2D eigenvalue weighted by Gasteiger charge is -2.50. The van der Waals surface area contributed by atoms with E-state index < -0.39 is 60.0 Å². The Kier molecular flexibility index (Phi) is 6.68. The summed E-state index contributed by atoms with van der Waals surface area (Å²) in [4.78, 5) is 0. The molecule has 0 radical (unpaired) electrons. The van der Waals surface area contributed by atoms with Crippen LogP contribution in [-0.2, 0) is 0 Å². The minimum Gasteiger partial charge on any atom is -0.223 e. The van der Waals surface area contributed by atoms with Crippen LogP contribution in [0.5, 0.6) is 0 Å². The van der Waals surface area contributed by atoms with Gasteiger partial charge in [0.05, 0.1) is 0 Å². The Hall–Kier alpha value is -1.47. The Morgan fingerprint density at radius 1 is 0.226 bits per heavy atom. The largest absolute Gasteiger partial charge is 0.432 e. The van der Waals surface area contributed by atoms with E-state index in [9.17, 15) is 92.2 Å². The molecule has 31 heavy (non-hydrogen) atoms. The quantitative estimate of drug-likeness (QED) is 0.349. The van der Waals surface area contributed by atoms with E-state index >= 15 is 0 Å². The smallest absolute Gasteiger partial charge is 0.223 e. The first-order valence-corrected chi connectivity index (χ1v) is 6.33. The molecule has 0 aliphatic heterocycles. The maximum atomic E-state index is 13.9. The average Bonchev–Trinajstić information content (AvgIpc) is 2.39. The van der Waals surface area contributed by atoms with Crippen LogP contribution in [0.15, 0.2) is 0 Å². The molecule has 21 heteroatoms. The van der Waals surface area contributed by atoms with E-state index in [1.54, 1.807) is 0 Å². The molecule has 0 atom stereocenters. The van der Waals surface area contributed by atoms with Crippen molar-refractivity contribution in [2.75, 3.05) is 0 Å². The zero-order valence-electron chi connectivity index (χ0n) is 13.0. The van der Waals surface area contributed by atoms with Gasteiger partial charge in [0.1, 0.15) is 5.92 Å². The Labute approximate surface area is 153 Å². The van der Waals surface area contributed by atoms with E-state index in [1.807, 2.05) is 0 Å². The second-order valence-corrected chi connectivity index (χ2v) is 5.55. The monoisotopic (exact) mass is 520 g/mol. The summed E-state index contributed by atoms with van der Waals surface area (Å²) in [6.45, 7) is 0. The first-order valence-electron chi connectivity index (χ1n) is 6.33. The van der Waals surface area contributed by atoms with E-state index in [1.165, 1.54) is 0 Å². The first kappa shape index (κ1) is 29.5. The van der Waals surface area contributed by atoms with E-state index in [0.29, 0.717) is 0 Å². The lowest BCUT2D eigenvalue weighted by molar-refractivity contribution is -0.468. The van der Waals surface area contributed by atoms with E-state index in [4.69, 9.17) is 0 Å². The molecule has 0 aromatic heterocycles. The molecule has 0 saturated heterocycles. The summed E-state index contributed by atoms with van der Waals surface area (Å²) in [5.41, 5.74) is -27.1. The topological polar surface area (TPSA) is 0 Å². The van der Waals surface area contributed by atoms with Crippen molar-refractivity contribution in [2.24, 2.45) is 5.92 Å². The van der Waals surface area contributed by atoms with Crippen LogP contribution < -0.4 is 0 Å². The highest BCUT2D eigenvalue weighted by Gasteiger charge is 2.97. The lowest BCUT2D eigenvalue weighted by atomic mass is 9.65. The molecule has 0 unspecified atom stereocenters. The Morgan fingerprint density at radius 3 is 0.387 bits per heavy atom. The standard InChI is InChI=1S/C10HF21/c11-2(5(14,15)16,6(17,18)19)1(3(12,7(20,21)22)8(23,24)25)4(13,9(26,27)28)10(29,30)31/h1H. The van der Waals surface area contributed by atoms with Crippen LogP contribution in [0.4, 0.5) is 92.2 Å². The van der Waals surface area contributed by atoms with Crippen LogP contribution in [0, 0.1) is 5.92 Å². The van der Waals surface area contributed by atoms with Crippen molar-refractivity contribution in [3.8, 4) is 0 Å². The van der Waals surface area contributed by atoms with E-state index in [-0.39, 0.29) is 0 Å². The molecule has 0 heterocycles. The molecular formula is C10HF21. The minimum atomic E-state index is -9.04. The maximum Gasteiger partial charge on any atom is 0.432 e. The van der Waals surface area contributed by atoms with Gasteiger partial charge in [-0.1, -0.05) is 0 Å². The van der Waals surface area contributed by atoms with Gasteiger partial charge < -0.3 is 0 Å². The van der Waals surface area contributed by atoms with Gasteiger partial charge in [0.2, 0.25) is 0 Å². The van der Waals surface area contributed by atoms with Crippen LogP contribution in [0.25, 0.3) is 0 Å². The predicted octanol–water partition coefficient (Wildman–Crippen LogP) is 7.10. The molecule has 0 N–H and O–H groups in total. The first-order chi connectivity index (χ1) is 12.9. The van der Waals surface area contributed by atoms with Gasteiger partial charge in [-0.25, -0.2) is 13.2 Å².